The van der Waals surface area contributed by atoms with Gasteiger partial charge in [-0.15, -0.1) is 0 Å². The van der Waals surface area contributed by atoms with Crippen LogP contribution in [-0.2, 0) is 4.79 Å². The van der Waals surface area contributed by atoms with Gasteiger partial charge in [0.25, 0.3) is 0 Å². The molecular formula is C21H17BrN4O2S. The first kappa shape index (κ1) is 19.5. The largest absolute Gasteiger partial charge is 0.360 e. The van der Waals surface area contributed by atoms with Gasteiger partial charge in [-0.25, -0.2) is 4.98 Å². The van der Waals surface area contributed by atoms with Crippen molar-refractivity contribution in [1.82, 2.24) is 14.7 Å². The number of aryl methyl sites for hydroxylation is 1. The van der Waals surface area contributed by atoms with E-state index in [0.29, 0.717) is 16.7 Å². The van der Waals surface area contributed by atoms with Gasteiger partial charge in [-0.05, 0) is 36.8 Å². The first-order chi connectivity index (χ1) is 14.1. The molecule has 0 aliphatic heterocycles. The maximum Gasteiger partial charge on any atom is 0.243 e. The van der Waals surface area contributed by atoms with Gasteiger partial charge >= 0.3 is 0 Å². The number of benzene rings is 2. The van der Waals surface area contributed by atoms with E-state index in [1.165, 1.54) is 11.8 Å². The highest BCUT2D eigenvalue weighted by Crippen LogP contribution is 2.36. The lowest BCUT2D eigenvalue weighted by Gasteiger charge is -2.16. The number of thioether (sulfide) groups is 1. The van der Waals surface area contributed by atoms with E-state index in [2.05, 4.69) is 31.4 Å². The molecule has 4 rings (SSSR count). The molecular weight excluding hydrogens is 452 g/mol. The Morgan fingerprint density at radius 2 is 1.93 bits per heavy atom. The van der Waals surface area contributed by atoms with Gasteiger partial charge in [0.05, 0.1) is 0 Å². The fourth-order valence-electron chi connectivity index (χ4n) is 2.80. The van der Waals surface area contributed by atoms with E-state index in [-0.39, 0.29) is 5.91 Å². The molecule has 1 atom stereocenters. The first-order valence-electron chi connectivity index (χ1n) is 8.85. The Bertz CT molecular complexity index is 1110. The molecule has 0 saturated carbocycles. The lowest BCUT2D eigenvalue weighted by molar-refractivity contribution is -0.115. The Morgan fingerprint density at radius 1 is 1.17 bits per heavy atom. The van der Waals surface area contributed by atoms with E-state index < -0.39 is 5.25 Å². The highest BCUT2D eigenvalue weighted by atomic mass is 79.9. The van der Waals surface area contributed by atoms with Crippen molar-refractivity contribution in [2.24, 2.45) is 0 Å². The summed E-state index contributed by atoms with van der Waals surface area (Å²) in [5, 5.41) is 6.90. The van der Waals surface area contributed by atoms with Crippen LogP contribution in [0.15, 0.2) is 87.2 Å². The highest BCUT2D eigenvalue weighted by molar-refractivity contribution is 9.10. The molecule has 0 spiro atoms. The minimum atomic E-state index is -0.509. The number of hydrogen-bond acceptors (Lipinski definition) is 5. The molecule has 0 unspecified atom stereocenters. The maximum atomic E-state index is 13.1. The summed E-state index contributed by atoms with van der Waals surface area (Å²) in [6, 6.07) is 19.2. The zero-order valence-corrected chi connectivity index (χ0v) is 17.9. The molecule has 0 bridgehead atoms. The molecule has 0 radical (unpaired) electrons. The Kier molecular flexibility index (Phi) is 5.82. The normalized spacial score (nSPS) is 11.9. The fourth-order valence-corrected chi connectivity index (χ4v) is 4.13. The van der Waals surface area contributed by atoms with Crippen molar-refractivity contribution in [3.63, 3.8) is 0 Å². The van der Waals surface area contributed by atoms with Crippen LogP contribution in [-0.4, -0.2) is 20.6 Å². The summed E-state index contributed by atoms with van der Waals surface area (Å²) in [4.78, 5) is 17.6. The van der Waals surface area contributed by atoms with Gasteiger partial charge in [0.15, 0.2) is 11.0 Å². The van der Waals surface area contributed by atoms with Crippen molar-refractivity contribution in [3.05, 3.63) is 88.9 Å². The van der Waals surface area contributed by atoms with E-state index in [0.717, 1.165) is 15.7 Å². The number of imidazole rings is 1. The van der Waals surface area contributed by atoms with Crippen molar-refractivity contribution in [2.45, 2.75) is 17.3 Å². The summed E-state index contributed by atoms with van der Waals surface area (Å²) in [5.74, 6) is 0.833. The number of anilines is 1. The van der Waals surface area contributed by atoms with E-state index in [9.17, 15) is 4.79 Å². The summed E-state index contributed by atoms with van der Waals surface area (Å²) >= 11 is 4.83. The Balaban J connectivity index is 1.64. The standard InChI is InChI=1S/C21H17BrN4O2S/c1-14-13-18(25-28-14)24-20(27)19(15-5-3-2-4-6-15)29-21-23-11-12-26(21)17-9-7-16(22)8-10-17/h2-13,19H,1H3,(H,24,25,27)/t19-/m0/s1. The van der Waals surface area contributed by atoms with Gasteiger partial charge in [-0.2, -0.15) is 0 Å². The topological polar surface area (TPSA) is 73.0 Å². The lowest BCUT2D eigenvalue weighted by Crippen LogP contribution is -2.19. The molecule has 0 fully saturated rings. The second-order valence-electron chi connectivity index (χ2n) is 6.28. The minimum Gasteiger partial charge on any atom is -0.360 e. The van der Waals surface area contributed by atoms with Crippen molar-refractivity contribution in [1.29, 1.82) is 0 Å². The summed E-state index contributed by atoms with van der Waals surface area (Å²) < 4.78 is 8.01. The lowest BCUT2D eigenvalue weighted by atomic mass is 10.1. The summed E-state index contributed by atoms with van der Waals surface area (Å²) in [7, 11) is 0. The van der Waals surface area contributed by atoms with Crippen LogP contribution in [0, 0.1) is 6.92 Å². The molecule has 4 aromatic rings. The number of aromatic nitrogens is 3. The number of rotatable bonds is 6. The molecule has 6 nitrogen and oxygen atoms in total. The van der Waals surface area contributed by atoms with Gasteiger partial charge in [0.1, 0.15) is 11.0 Å². The number of carbonyl (C=O) groups is 1. The second kappa shape index (κ2) is 8.67. The SMILES string of the molecule is Cc1cc(NC(=O)[C@@H](Sc2nccn2-c2ccc(Br)cc2)c2ccccc2)no1. The molecule has 0 saturated heterocycles. The second-order valence-corrected chi connectivity index (χ2v) is 8.26. The predicted molar refractivity (Wildman–Crippen MR) is 116 cm³/mol. The van der Waals surface area contributed by atoms with Crippen LogP contribution in [0.4, 0.5) is 5.82 Å². The van der Waals surface area contributed by atoms with Crippen LogP contribution in [0.5, 0.6) is 0 Å². The number of nitrogens with zero attached hydrogens (tertiary/aromatic N) is 3. The minimum absolute atomic E-state index is 0.195. The average Bonchev–Trinajstić information content (AvgIpc) is 3.36. The first-order valence-corrected chi connectivity index (χ1v) is 10.5. The quantitative estimate of drug-likeness (QED) is 0.383. The van der Waals surface area contributed by atoms with Crippen LogP contribution in [0.25, 0.3) is 5.69 Å². The zero-order valence-electron chi connectivity index (χ0n) is 15.4. The number of halogens is 1. The van der Waals surface area contributed by atoms with Crippen LogP contribution in [0.1, 0.15) is 16.6 Å². The van der Waals surface area contributed by atoms with Crippen molar-refractivity contribution in [3.8, 4) is 5.69 Å². The molecule has 8 heteroatoms. The molecule has 0 aliphatic rings. The van der Waals surface area contributed by atoms with E-state index >= 15 is 0 Å². The Morgan fingerprint density at radius 3 is 2.62 bits per heavy atom. The molecule has 146 valence electrons. The summed E-state index contributed by atoms with van der Waals surface area (Å²) in [6.07, 6.45) is 3.61. The van der Waals surface area contributed by atoms with Gasteiger partial charge < -0.3 is 9.84 Å². The molecule has 2 heterocycles. The molecule has 0 aliphatic carbocycles. The summed E-state index contributed by atoms with van der Waals surface area (Å²) in [5.41, 5.74) is 1.84. The van der Waals surface area contributed by atoms with Gasteiger partial charge in [-0.1, -0.05) is 63.2 Å². The monoisotopic (exact) mass is 468 g/mol. The molecule has 2 aromatic carbocycles. The van der Waals surface area contributed by atoms with E-state index in [1.54, 1.807) is 19.2 Å². The molecule has 2 aromatic heterocycles. The zero-order chi connectivity index (χ0) is 20.2. The van der Waals surface area contributed by atoms with Crippen LogP contribution < -0.4 is 5.32 Å². The number of nitrogens with one attached hydrogen (secondary N) is 1. The smallest absolute Gasteiger partial charge is 0.243 e. The van der Waals surface area contributed by atoms with Crippen molar-refractivity contribution < 1.29 is 9.32 Å². The third-order valence-electron chi connectivity index (χ3n) is 4.15. The van der Waals surface area contributed by atoms with Crippen molar-refractivity contribution >= 4 is 39.4 Å². The molecule has 1 amide bonds. The Hall–Kier alpha value is -2.84. The maximum absolute atomic E-state index is 13.1. The third kappa shape index (κ3) is 4.60. The van der Waals surface area contributed by atoms with E-state index in [1.807, 2.05) is 65.4 Å². The van der Waals surface area contributed by atoms with E-state index in [4.69, 9.17) is 4.52 Å². The highest BCUT2D eigenvalue weighted by Gasteiger charge is 2.25. The average molecular weight is 469 g/mol. The molecule has 29 heavy (non-hydrogen) atoms. The number of amides is 1. The number of hydrogen-bond donors (Lipinski definition) is 1. The van der Waals surface area contributed by atoms with Gasteiger partial charge in [-0.3, -0.25) is 9.36 Å². The van der Waals surface area contributed by atoms with Crippen LogP contribution >= 0.6 is 27.7 Å². The van der Waals surface area contributed by atoms with Crippen LogP contribution in [0.3, 0.4) is 0 Å². The van der Waals surface area contributed by atoms with Gasteiger partial charge in [0.2, 0.25) is 5.91 Å². The fraction of sp³-hybridized carbons (Fsp3) is 0.0952. The third-order valence-corrected chi connectivity index (χ3v) is 5.92. The Labute approximate surface area is 180 Å². The van der Waals surface area contributed by atoms with Crippen LogP contribution in [0.2, 0.25) is 0 Å². The molecule has 1 N–H and O–H groups in total. The van der Waals surface area contributed by atoms with Gasteiger partial charge in [0, 0.05) is 28.6 Å². The number of carbonyl (C=O) groups excluding carboxylic acids is 1. The summed E-state index contributed by atoms with van der Waals surface area (Å²) in [6.45, 7) is 1.78. The van der Waals surface area contributed by atoms with Crippen molar-refractivity contribution in [2.75, 3.05) is 5.32 Å². The predicted octanol–water partition coefficient (Wildman–Crippen LogP) is 5.40.